The average molecular weight is 636 g/mol. The number of alkyl halides is 6. The zero-order valence-electron chi connectivity index (χ0n) is 24.5. The van der Waals surface area contributed by atoms with E-state index in [2.05, 4.69) is 20.3 Å². The van der Waals surface area contributed by atoms with Crippen LogP contribution < -0.4 is 9.80 Å². The highest BCUT2D eigenvalue weighted by Gasteiger charge is 2.38. The fraction of sp³-hybridized carbons (Fsp3) is 0.484. The van der Waals surface area contributed by atoms with Crippen molar-refractivity contribution in [3.8, 4) is 0 Å². The van der Waals surface area contributed by atoms with Crippen LogP contribution in [0.4, 0.5) is 42.5 Å². The van der Waals surface area contributed by atoms with Gasteiger partial charge in [-0.1, -0.05) is 24.4 Å². The molecule has 2 aromatic carbocycles. The number of fused-ring (bicyclic) bond motifs is 1. The fourth-order valence-electron chi connectivity index (χ4n) is 6.12. The van der Waals surface area contributed by atoms with Gasteiger partial charge >= 0.3 is 12.4 Å². The predicted molar refractivity (Wildman–Crippen MR) is 154 cm³/mol. The van der Waals surface area contributed by atoms with Crippen LogP contribution >= 0.6 is 0 Å². The zero-order valence-corrected chi connectivity index (χ0v) is 24.5. The minimum absolute atomic E-state index is 0.00677. The summed E-state index contributed by atoms with van der Waals surface area (Å²) in [7, 11) is 1.51. The molecule has 0 saturated heterocycles. The van der Waals surface area contributed by atoms with Gasteiger partial charge in [-0.2, -0.15) is 31.1 Å². The van der Waals surface area contributed by atoms with Crippen LogP contribution in [0.5, 0.6) is 0 Å². The lowest BCUT2D eigenvalue weighted by Gasteiger charge is -2.33. The highest BCUT2D eigenvalue weighted by atomic mass is 19.4. The molecule has 0 radical (unpaired) electrons. The topological polar surface area (TPSA) is 63.0 Å². The number of aromatic nitrogens is 5. The van der Waals surface area contributed by atoms with Gasteiger partial charge in [0, 0.05) is 42.7 Å². The molecular formula is C31H32F7N7. The van der Waals surface area contributed by atoms with Crippen molar-refractivity contribution in [2.24, 2.45) is 13.0 Å². The molecule has 0 spiro atoms. The monoisotopic (exact) mass is 635 g/mol. The lowest BCUT2D eigenvalue weighted by Crippen LogP contribution is -2.35. The Bertz CT molecular complexity index is 1620. The SMILES string of the molecule is Cn1nnc(N(Cc2cc(C(F)(F)F)cc(C(F)(F)F)c2)Cc2cc3ccc(F)cc3nc2N(CC2CCCCC2)C2CC2)n1. The number of hydrogen-bond acceptors (Lipinski definition) is 6. The molecule has 6 rings (SSSR count). The molecule has 0 bridgehead atoms. The summed E-state index contributed by atoms with van der Waals surface area (Å²) in [6.45, 7) is 0.399. The van der Waals surface area contributed by atoms with Gasteiger partial charge in [0.25, 0.3) is 5.95 Å². The van der Waals surface area contributed by atoms with Crippen molar-refractivity contribution in [2.45, 2.75) is 76.4 Å². The minimum atomic E-state index is -4.99. The van der Waals surface area contributed by atoms with E-state index in [1.165, 1.54) is 30.5 Å². The minimum Gasteiger partial charge on any atom is -0.353 e. The lowest BCUT2D eigenvalue weighted by atomic mass is 9.89. The molecule has 240 valence electrons. The number of tetrazole rings is 1. The Labute approximate surface area is 255 Å². The van der Waals surface area contributed by atoms with Gasteiger partial charge in [0.1, 0.15) is 11.6 Å². The van der Waals surface area contributed by atoms with Crippen molar-refractivity contribution in [1.29, 1.82) is 0 Å². The summed E-state index contributed by atoms with van der Waals surface area (Å²) in [5.41, 5.74) is -1.89. The number of benzene rings is 2. The van der Waals surface area contributed by atoms with E-state index < -0.39 is 29.3 Å². The molecule has 2 aliphatic rings. The number of anilines is 2. The average Bonchev–Trinajstić information content (AvgIpc) is 3.74. The fourth-order valence-corrected chi connectivity index (χ4v) is 6.12. The maximum absolute atomic E-state index is 14.3. The van der Waals surface area contributed by atoms with Gasteiger partial charge < -0.3 is 9.80 Å². The predicted octanol–water partition coefficient (Wildman–Crippen LogP) is 7.69. The van der Waals surface area contributed by atoms with E-state index in [-0.39, 0.29) is 36.7 Å². The van der Waals surface area contributed by atoms with E-state index >= 15 is 0 Å². The van der Waals surface area contributed by atoms with E-state index in [9.17, 15) is 30.7 Å². The summed E-state index contributed by atoms with van der Waals surface area (Å²) in [5, 5.41) is 12.8. The van der Waals surface area contributed by atoms with Crippen LogP contribution in [-0.2, 0) is 32.5 Å². The molecule has 0 amide bonds. The molecular weight excluding hydrogens is 603 g/mol. The van der Waals surface area contributed by atoms with Gasteiger partial charge in [-0.25, -0.2) is 9.37 Å². The molecule has 2 fully saturated rings. The van der Waals surface area contributed by atoms with Crippen molar-refractivity contribution in [3.63, 3.8) is 0 Å². The van der Waals surface area contributed by atoms with Crippen LogP contribution in [0.15, 0.2) is 42.5 Å². The lowest BCUT2D eigenvalue weighted by molar-refractivity contribution is -0.143. The van der Waals surface area contributed by atoms with Crippen molar-refractivity contribution < 1.29 is 30.7 Å². The van der Waals surface area contributed by atoms with E-state index in [0.717, 1.165) is 49.9 Å². The number of halogens is 7. The Morgan fingerprint density at radius 3 is 2.13 bits per heavy atom. The van der Waals surface area contributed by atoms with Crippen LogP contribution in [-0.4, -0.2) is 37.8 Å². The van der Waals surface area contributed by atoms with Crippen molar-refractivity contribution in [3.05, 3.63) is 70.5 Å². The summed E-state index contributed by atoms with van der Waals surface area (Å²) < 4.78 is 96.4. The molecule has 0 aliphatic heterocycles. The zero-order chi connectivity index (χ0) is 31.9. The maximum Gasteiger partial charge on any atom is 0.416 e. The van der Waals surface area contributed by atoms with Gasteiger partial charge in [0.05, 0.1) is 23.7 Å². The molecule has 0 atom stereocenters. The Hall–Kier alpha value is -3.97. The molecule has 4 aromatic rings. The summed E-state index contributed by atoms with van der Waals surface area (Å²) in [6, 6.07) is 7.89. The van der Waals surface area contributed by atoms with Crippen LogP contribution in [0.2, 0.25) is 0 Å². The quantitative estimate of drug-likeness (QED) is 0.176. The van der Waals surface area contributed by atoms with E-state index in [1.807, 2.05) is 6.07 Å². The van der Waals surface area contributed by atoms with Gasteiger partial charge in [-0.15, -0.1) is 5.10 Å². The molecule has 2 aromatic heterocycles. The Morgan fingerprint density at radius 2 is 1.53 bits per heavy atom. The normalized spacial score (nSPS) is 16.4. The first-order valence-corrected chi connectivity index (χ1v) is 15.0. The smallest absolute Gasteiger partial charge is 0.353 e. The first-order valence-electron chi connectivity index (χ1n) is 15.0. The third-order valence-corrected chi connectivity index (χ3v) is 8.44. The van der Waals surface area contributed by atoms with E-state index in [4.69, 9.17) is 4.98 Å². The number of pyridine rings is 1. The van der Waals surface area contributed by atoms with Gasteiger partial charge in [0.15, 0.2) is 0 Å². The number of nitrogens with zero attached hydrogens (tertiary/aromatic N) is 7. The van der Waals surface area contributed by atoms with E-state index in [0.29, 0.717) is 40.3 Å². The second-order valence-corrected chi connectivity index (χ2v) is 12.0. The molecule has 0 N–H and O–H groups in total. The summed E-state index contributed by atoms with van der Waals surface area (Å²) in [5.74, 6) is 0.671. The molecule has 14 heteroatoms. The standard InChI is InChI=1S/C31H32F7N7/c1-43-41-29(40-42-43)44(16-20-11-23(30(33,34)35)14-24(12-20)31(36,37)38)18-22-13-21-7-8-25(32)15-27(21)39-28(22)45(26-9-10-26)17-19-5-3-2-4-6-19/h7-8,11-15,19,26H,2-6,9-10,16-18H2,1H3. The first-order chi connectivity index (χ1) is 21.3. The van der Waals surface area contributed by atoms with Crippen LogP contribution in [0.1, 0.15) is 67.2 Å². The highest BCUT2D eigenvalue weighted by molar-refractivity contribution is 5.82. The maximum atomic E-state index is 14.3. The number of hydrogen-bond donors (Lipinski definition) is 0. The van der Waals surface area contributed by atoms with Crippen LogP contribution in [0.3, 0.4) is 0 Å². The van der Waals surface area contributed by atoms with Crippen molar-refractivity contribution >= 4 is 22.7 Å². The number of rotatable bonds is 9. The van der Waals surface area contributed by atoms with Gasteiger partial charge in [0.2, 0.25) is 0 Å². The molecule has 2 saturated carbocycles. The molecule has 2 heterocycles. The first kappa shape index (κ1) is 31.0. The highest BCUT2D eigenvalue weighted by Crippen LogP contribution is 2.39. The van der Waals surface area contributed by atoms with E-state index in [1.54, 1.807) is 6.07 Å². The molecule has 45 heavy (non-hydrogen) atoms. The summed E-state index contributed by atoms with van der Waals surface area (Å²) >= 11 is 0. The van der Waals surface area contributed by atoms with Crippen molar-refractivity contribution in [2.75, 3.05) is 16.3 Å². The third-order valence-electron chi connectivity index (χ3n) is 8.44. The molecule has 7 nitrogen and oxygen atoms in total. The van der Waals surface area contributed by atoms with Gasteiger partial charge in [-0.05, 0) is 78.8 Å². The largest absolute Gasteiger partial charge is 0.416 e. The Kier molecular flexibility index (Phi) is 8.33. The summed E-state index contributed by atoms with van der Waals surface area (Å²) in [4.78, 5) is 9.82. The summed E-state index contributed by atoms with van der Waals surface area (Å²) in [6.07, 6.45) is -2.36. The Morgan fingerprint density at radius 1 is 0.844 bits per heavy atom. The number of aryl methyl sites for hydroxylation is 1. The van der Waals surface area contributed by atoms with Crippen molar-refractivity contribution in [1.82, 2.24) is 25.2 Å². The molecule has 2 aliphatic carbocycles. The Balaban J connectivity index is 1.43. The van der Waals surface area contributed by atoms with Gasteiger partial charge in [-0.3, -0.25) is 0 Å². The van der Waals surface area contributed by atoms with Crippen LogP contribution in [0, 0.1) is 11.7 Å². The molecule has 0 unspecified atom stereocenters. The van der Waals surface area contributed by atoms with Crippen LogP contribution in [0.25, 0.3) is 10.9 Å². The third kappa shape index (κ3) is 7.30. The second kappa shape index (κ2) is 12.1. The second-order valence-electron chi connectivity index (χ2n) is 12.0.